The van der Waals surface area contributed by atoms with E-state index in [2.05, 4.69) is 21.9 Å². The number of primary amides is 2. The lowest BCUT2D eigenvalue weighted by molar-refractivity contribution is -0.130. The number of carbonyl (C=O) groups is 6. The van der Waals surface area contributed by atoms with Gasteiger partial charge in [-0.05, 0) is 103 Å². The van der Waals surface area contributed by atoms with Gasteiger partial charge in [-0.15, -0.1) is 0 Å². The molecule has 6 atom stereocenters. The van der Waals surface area contributed by atoms with E-state index in [0.29, 0.717) is 45.4 Å². The van der Waals surface area contributed by atoms with Gasteiger partial charge < -0.3 is 56.9 Å². The van der Waals surface area contributed by atoms with E-state index in [4.69, 9.17) is 20.9 Å². The van der Waals surface area contributed by atoms with Gasteiger partial charge in [0.25, 0.3) is 11.8 Å². The third kappa shape index (κ3) is 9.64. The molecule has 0 spiro atoms. The molecule has 1 saturated carbocycles. The number of methoxy groups -OCH3 is 1. The summed E-state index contributed by atoms with van der Waals surface area (Å²) in [5, 5.41) is 70.7. The number of phenolic OH excluding ortho intramolecular Hbond substituents is 2. The molecule has 8 rings (SSSR count). The first-order chi connectivity index (χ1) is 35.0. The summed E-state index contributed by atoms with van der Waals surface area (Å²) in [7, 11) is -2.08. The first-order valence-electron chi connectivity index (χ1n) is 23.6. The summed E-state index contributed by atoms with van der Waals surface area (Å²) < 4.78 is 37.7. The number of amides is 2. The molecule has 0 saturated heterocycles. The fourth-order valence-corrected chi connectivity index (χ4v) is 11.5. The van der Waals surface area contributed by atoms with Crippen molar-refractivity contribution in [3.05, 3.63) is 116 Å². The van der Waals surface area contributed by atoms with E-state index < -0.39 is 115 Å². The minimum absolute atomic E-state index is 0.0391. The van der Waals surface area contributed by atoms with Crippen LogP contribution in [0.2, 0.25) is 0 Å². The number of allylic oxidation sites excluding steroid dienone is 2. The molecule has 0 aromatic heterocycles. The largest absolute Gasteiger partial charge is 0.515 e. The molecule has 2 amide bonds. The van der Waals surface area contributed by atoms with E-state index >= 15 is 0 Å². The highest BCUT2D eigenvalue weighted by atomic mass is 32.2. The van der Waals surface area contributed by atoms with Gasteiger partial charge in [0.15, 0.2) is 28.7 Å². The molecule has 388 valence electrons. The lowest BCUT2D eigenvalue weighted by Gasteiger charge is -2.48. The quantitative estimate of drug-likeness (QED) is 0.0344. The average molecular weight is 1040 g/mol. The standard InChI is InChI=1S/C53H54N4O16S/c1-24(73-50-43-29(17-30-20-40(63)46(52(55)68)49(66)53(30,50)69)18-32-27(5-4-12-57-74(3,70)71)7-9-36(59)44(32)48(43)65)21-56-22-25-6-11-41(72-2)33(14-25)31-8-10-37(60)45-34(31)19-28-13-26(16-39(62)42(28)47(45)64)15-38(61)35(23-58)51(54)67/h6-11,14,23-24,26,28-30,56-60,64,66,69H,12-13,15-22H2,1-3H3,(H2,54,67)(H2,55,68)/t24?,26?,28?,29-,30?,53-/m1/s1. The van der Waals surface area contributed by atoms with E-state index in [9.17, 15) is 67.8 Å². The number of sulfonamides is 1. The molecule has 12 N–H and O–H groups in total. The van der Waals surface area contributed by atoms with Crippen LogP contribution in [0.25, 0.3) is 16.9 Å². The molecule has 5 aliphatic carbocycles. The first-order valence-corrected chi connectivity index (χ1v) is 25.5. The van der Waals surface area contributed by atoms with Crippen molar-refractivity contribution in [1.29, 1.82) is 0 Å². The second kappa shape index (κ2) is 20.3. The molecule has 74 heavy (non-hydrogen) atoms. The van der Waals surface area contributed by atoms with Crippen molar-refractivity contribution >= 4 is 50.7 Å². The normalized spacial score (nSPS) is 22.9. The number of hydrogen-bond acceptors (Lipinski definition) is 17. The van der Waals surface area contributed by atoms with Crippen LogP contribution in [0.5, 0.6) is 17.2 Å². The number of Topliss-reactive ketones (excluding diaryl/α,β-unsaturated/α-hetero) is 4. The molecule has 0 heterocycles. The molecule has 20 nitrogen and oxygen atoms in total. The Balaban J connectivity index is 1.07. The van der Waals surface area contributed by atoms with Gasteiger partial charge in [0.1, 0.15) is 51.8 Å². The van der Waals surface area contributed by atoms with Gasteiger partial charge in [0, 0.05) is 60.5 Å². The Bertz CT molecular complexity index is 3290. The van der Waals surface area contributed by atoms with Crippen LogP contribution in [0.3, 0.4) is 0 Å². The summed E-state index contributed by atoms with van der Waals surface area (Å²) in [5.41, 5.74) is 9.74. The van der Waals surface area contributed by atoms with Crippen LogP contribution in [-0.2, 0) is 58.1 Å². The topological polar surface area (TPSA) is 352 Å². The molecule has 21 heteroatoms. The number of hydrogen-bond donors (Lipinski definition) is 10. The summed E-state index contributed by atoms with van der Waals surface area (Å²) >= 11 is 0. The van der Waals surface area contributed by atoms with Gasteiger partial charge in [-0.3, -0.25) is 28.8 Å². The Morgan fingerprint density at radius 2 is 1.58 bits per heavy atom. The lowest BCUT2D eigenvalue weighted by atomic mass is 9.60. The number of ketones is 4. The second-order valence-corrected chi connectivity index (χ2v) is 21.1. The number of nitrogens with two attached hydrogens (primary N) is 2. The number of rotatable bonds is 15. The van der Waals surface area contributed by atoms with E-state index in [1.807, 2.05) is 6.07 Å². The van der Waals surface area contributed by atoms with E-state index in [-0.39, 0.29) is 91.9 Å². The van der Waals surface area contributed by atoms with Crippen molar-refractivity contribution in [2.75, 3.05) is 26.5 Å². The van der Waals surface area contributed by atoms with Gasteiger partial charge in [-0.1, -0.05) is 24.0 Å². The smallest absolute Gasteiger partial charge is 0.255 e. The molecule has 4 unspecified atom stereocenters. The molecule has 3 aromatic rings. The minimum Gasteiger partial charge on any atom is -0.515 e. The fourth-order valence-electron chi connectivity index (χ4n) is 11.2. The number of benzene rings is 3. The van der Waals surface area contributed by atoms with Crippen molar-refractivity contribution in [3.63, 3.8) is 0 Å². The number of fused-ring (bicyclic) bond motifs is 5. The number of aromatic hydroxyl groups is 2. The number of phenols is 2. The van der Waals surface area contributed by atoms with Crippen molar-refractivity contribution in [3.8, 4) is 40.2 Å². The Morgan fingerprint density at radius 3 is 2.26 bits per heavy atom. The summed E-state index contributed by atoms with van der Waals surface area (Å²) in [4.78, 5) is 78.6. The highest BCUT2D eigenvalue weighted by Gasteiger charge is 2.59. The van der Waals surface area contributed by atoms with E-state index in [1.165, 1.54) is 25.3 Å². The zero-order chi connectivity index (χ0) is 53.7. The number of ether oxygens (including phenoxy) is 2. The number of carbonyl (C=O) groups excluding carboxylic acids is 6. The van der Waals surface area contributed by atoms with E-state index in [0.717, 1.165) is 6.26 Å². The van der Waals surface area contributed by atoms with Crippen molar-refractivity contribution in [1.82, 2.24) is 10.0 Å². The Morgan fingerprint density at radius 1 is 0.892 bits per heavy atom. The summed E-state index contributed by atoms with van der Waals surface area (Å²) in [6.45, 7) is 1.61. The van der Waals surface area contributed by atoms with Gasteiger partial charge in [-0.25, -0.2) is 13.1 Å². The van der Waals surface area contributed by atoms with E-state index in [1.54, 1.807) is 25.1 Å². The van der Waals surface area contributed by atoms with Gasteiger partial charge in [0.2, 0.25) is 10.0 Å². The highest BCUT2D eigenvalue weighted by Crippen LogP contribution is 2.54. The second-order valence-electron chi connectivity index (χ2n) is 19.3. The summed E-state index contributed by atoms with van der Waals surface area (Å²) in [5.74, 6) is -4.63. The van der Waals surface area contributed by atoms with Gasteiger partial charge >= 0.3 is 0 Å². The predicted molar refractivity (Wildman–Crippen MR) is 264 cm³/mol. The molecule has 1 fully saturated rings. The van der Waals surface area contributed by atoms with Crippen LogP contribution >= 0.6 is 0 Å². The monoisotopic (exact) mass is 1030 g/mol. The van der Waals surface area contributed by atoms with Crippen molar-refractivity contribution < 1.29 is 77.3 Å². The highest BCUT2D eigenvalue weighted by molar-refractivity contribution is 7.88. The third-order valence-corrected chi connectivity index (χ3v) is 15.1. The molecular weight excluding hydrogens is 981 g/mol. The number of aliphatic hydroxyl groups excluding tert-OH is 3. The Labute approximate surface area is 424 Å². The van der Waals surface area contributed by atoms with Crippen molar-refractivity contribution in [2.24, 2.45) is 35.1 Å². The Kier molecular flexibility index (Phi) is 14.4. The minimum atomic E-state index is -3.56. The maximum absolute atomic E-state index is 14.7. The fraction of sp³-hybridized carbons (Fsp3) is 0.358. The van der Waals surface area contributed by atoms with Crippen LogP contribution in [0.15, 0.2) is 82.5 Å². The van der Waals surface area contributed by atoms with Gasteiger partial charge in [-0.2, -0.15) is 0 Å². The SMILES string of the molecule is COc1ccc(CNCC(C)OC2=C3C(=O)c4c(O)ccc(C#CCNS(C)(=O)=O)c4C[C@H]3CC3CC(=O)C(C(N)=O)=C(O)[C@@]23O)cc1-c1ccc(O)c2c1CC1CC(CC(=O)C(=CO)C(N)=O)CC(=O)C1=C2O. The molecule has 0 aliphatic heterocycles. The maximum atomic E-state index is 14.7. The van der Waals surface area contributed by atoms with Crippen LogP contribution in [0.1, 0.15) is 77.2 Å². The van der Waals surface area contributed by atoms with Crippen molar-refractivity contribution in [2.45, 2.75) is 70.1 Å². The molecule has 5 aliphatic rings. The predicted octanol–water partition coefficient (Wildman–Crippen LogP) is 2.81. The summed E-state index contributed by atoms with van der Waals surface area (Å²) in [6.07, 6.45) is 0.0782. The molecule has 0 radical (unpaired) electrons. The molecule has 0 bridgehead atoms. The molecular formula is C53H54N4O16S. The number of aliphatic hydroxyl groups is 4. The first kappa shape index (κ1) is 52.5. The van der Waals surface area contributed by atoms with Gasteiger partial charge in [0.05, 0.1) is 37.3 Å². The number of nitrogens with one attached hydrogen (secondary N) is 2. The lowest BCUT2D eigenvalue weighted by Crippen LogP contribution is -2.55. The van der Waals surface area contributed by atoms with Crippen LogP contribution in [-0.4, -0.2) is 112 Å². The van der Waals surface area contributed by atoms with Crippen LogP contribution < -0.4 is 26.2 Å². The Hall–Kier alpha value is -7.77. The van der Waals surface area contributed by atoms with Crippen LogP contribution in [0, 0.1) is 35.5 Å². The summed E-state index contributed by atoms with van der Waals surface area (Å²) in [6, 6.07) is 11.1. The van der Waals surface area contributed by atoms with Crippen LogP contribution in [0.4, 0.5) is 0 Å². The maximum Gasteiger partial charge on any atom is 0.255 e. The third-order valence-electron chi connectivity index (χ3n) is 14.4. The molecule has 3 aromatic carbocycles. The zero-order valence-corrected chi connectivity index (χ0v) is 41.2. The zero-order valence-electron chi connectivity index (χ0n) is 40.4. The average Bonchev–Trinajstić information content (AvgIpc) is 3.31.